The predicted molar refractivity (Wildman–Crippen MR) is 241 cm³/mol. The maximum Gasteiger partial charge on any atom is 0.248 e. The third-order valence-corrected chi connectivity index (χ3v) is 10.4. The summed E-state index contributed by atoms with van der Waals surface area (Å²) in [7, 11) is 1.59. The molecule has 3 aromatic heterocycles. The van der Waals surface area contributed by atoms with Gasteiger partial charge in [-0.3, -0.25) is 14.4 Å². The molecule has 4 heterocycles. The number of piperidine rings is 1. The molecule has 63 heavy (non-hydrogen) atoms. The van der Waals surface area contributed by atoms with Crippen LogP contribution in [-0.4, -0.2) is 52.9 Å². The van der Waals surface area contributed by atoms with Crippen LogP contribution in [0.15, 0.2) is 141 Å². The van der Waals surface area contributed by atoms with Crippen molar-refractivity contribution in [1.29, 1.82) is 0 Å². The number of primary amides is 3. The molecule has 0 aliphatic carbocycles. The number of nitrogens with zero attached hydrogens (tertiary/aromatic N) is 4. The topological polar surface area (TPSA) is 220 Å². The van der Waals surface area contributed by atoms with Gasteiger partial charge in [0, 0.05) is 64.3 Å². The van der Waals surface area contributed by atoms with Crippen LogP contribution in [0.3, 0.4) is 0 Å². The Labute approximate surface area is 361 Å². The van der Waals surface area contributed by atoms with E-state index in [0.717, 1.165) is 57.5 Å². The van der Waals surface area contributed by atoms with E-state index in [4.69, 9.17) is 35.2 Å². The molecule has 1 aliphatic heterocycles. The maximum absolute atomic E-state index is 11.3. The number of aromatic nitrogens is 3. The van der Waals surface area contributed by atoms with Crippen LogP contribution in [0.5, 0.6) is 5.75 Å². The number of ether oxygens (including phenoxy) is 1. The van der Waals surface area contributed by atoms with Gasteiger partial charge in [-0.05, 0) is 123 Å². The number of carbonyl (C=O) groups excluding carboxylic acids is 3. The molecular weight excluding hydrogens is 799 g/mol. The van der Waals surface area contributed by atoms with E-state index in [0.29, 0.717) is 51.3 Å². The molecule has 9 aromatic rings. The van der Waals surface area contributed by atoms with Crippen molar-refractivity contribution in [3.8, 4) is 40.1 Å². The van der Waals surface area contributed by atoms with Crippen molar-refractivity contribution in [2.24, 2.45) is 17.2 Å². The lowest BCUT2D eigenvalue weighted by Gasteiger charge is -2.28. The van der Waals surface area contributed by atoms with Crippen LogP contribution < -0.4 is 26.8 Å². The smallest absolute Gasteiger partial charge is 0.248 e. The number of oxazole rings is 3. The molecule has 0 unspecified atom stereocenters. The number of amides is 3. The van der Waals surface area contributed by atoms with Crippen LogP contribution in [0.25, 0.3) is 67.7 Å². The quantitative estimate of drug-likeness (QED) is 0.131. The maximum atomic E-state index is 11.3. The first-order chi connectivity index (χ1) is 30.5. The predicted octanol–water partition coefficient (Wildman–Crippen LogP) is 9.09. The largest absolute Gasteiger partial charge is 0.497 e. The van der Waals surface area contributed by atoms with Crippen LogP contribution in [0.4, 0.5) is 5.69 Å². The lowest BCUT2D eigenvalue weighted by atomic mass is 10.1. The van der Waals surface area contributed by atoms with Crippen molar-refractivity contribution in [2.75, 3.05) is 25.1 Å². The van der Waals surface area contributed by atoms with Crippen LogP contribution in [0.1, 0.15) is 55.9 Å². The molecule has 3 amide bonds. The second-order valence-electron chi connectivity index (χ2n) is 14.9. The number of hydrogen-bond donors (Lipinski definition) is 3. The summed E-state index contributed by atoms with van der Waals surface area (Å²) in [5.74, 6) is 0.730. The van der Waals surface area contributed by atoms with Crippen molar-refractivity contribution < 1.29 is 32.4 Å². The number of rotatable bonds is 8. The molecule has 316 valence electrons. The minimum atomic E-state index is -0.482. The second-order valence-corrected chi connectivity index (χ2v) is 14.9. The summed E-state index contributed by atoms with van der Waals surface area (Å²) in [6, 6.07) is 38.2. The van der Waals surface area contributed by atoms with Crippen LogP contribution in [0, 0.1) is 6.92 Å². The Bertz CT molecular complexity index is 3120. The highest BCUT2D eigenvalue weighted by molar-refractivity contribution is 5.95. The Kier molecular flexibility index (Phi) is 12.0. The fourth-order valence-electron chi connectivity index (χ4n) is 7.11. The molecule has 1 aliphatic rings. The third-order valence-electron chi connectivity index (χ3n) is 10.4. The average molecular weight is 842 g/mol. The van der Waals surface area contributed by atoms with Crippen molar-refractivity contribution in [3.05, 3.63) is 150 Å². The highest BCUT2D eigenvalue weighted by Gasteiger charge is 2.16. The number of hydrogen-bond acceptors (Lipinski definition) is 11. The number of methoxy groups -OCH3 is 1. The summed E-state index contributed by atoms with van der Waals surface area (Å²) >= 11 is 0. The van der Waals surface area contributed by atoms with Gasteiger partial charge >= 0.3 is 0 Å². The third kappa shape index (κ3) is 9.55. The van der Waals surface area contributed by atoms with Crippen LogP contribution in [-0.2, 0) is 0 Å². The van der Waals surface area contributed by atoms with Gasteiger partial charge in [-0.15, -0.1) is 0 Å². The summed E-state index contributed by atoms with van der Waals surface area (Å²) in [5.41, 5.74) is 26.1. The van der Waals surface area contributed by atoms with Gasteiger partial charge in [0.15, 0.2) is 16.7 Å². The first kappa shape index (κ1) is 41.5. The second kappa shape index (κ2) is 18.2. The SMILES string of the molecule is COc1ccc2nc(-c3cccc(C(N)=O)c3)oc2c1.Cc1ccc2nc(-c3cccc(C(N)=O)c3)oc2c1.NC(=O)c1cccc(-c2nc3ccc(N4CCCCC4)cc3o2)c1. The number of nitrogens with two attached hydrogens (primary N) is 3. The van der Waals surface area contributed by atoms with Crippen molar-refractivity contribution in [2.45, 2.75) is 26.2 Å². The van der Waals surface area contributed by atoms with Crippen LogP contribution >= 0.6 is 0 Å². The lowest BCUT2D eigenvalue weighted by molar-refractivity contribution is 0.0992. The summed E-state index contributed by atoms with van der Waals surface area (Å²) < 4.78 is 22.5. The van der Waals surface area contributed by atoms with Gasteiger partial charge in [-0.1, -0.05) is 24.3 Å². The minimum absolute atomic E-state index is 0.419. The van der Waals surface area contributed by atoms with E-state index in [1.54, 1.807) is 67.8 Å². The summed E-state index contributed by atoms with van der Waals surface area (Å²) in [6.07, 6.45) is 3.78. The van der Waals surface area contributed by atoms with E-state index < -0.39 is 17.7 Å². The zero-order valence-electron chi connectivity index (χ0n) is 34.5. The molecule has 0 atom stereocenters. The fourth-order valence-corrected chi connectivity index (χ4v) is 7.11. The molecule has 6 aromatic carbocycles. The van der Waals surface area contributed by atoms with Crippen LogP contribution in [0.2, 0.25) is 0 Å². The van der Waals surface area contributed by atoms with E-state index in [-0.39, 0.29) is 0 Å². The van der Waals surface area contributed by atoms with Gasteiger partial charge in [0.2, 0.25) is 35.4 Å². The van der Waals surface area contributed by atoms with E-state index in [1.165, 1.54) is 24.9 Å². The molecule has 1 fully saturated rings. The average Bonchev–Trinajstić information content (AvgIpc) is 4.06. The Hall–Kier alpha value is -8.26. The van der Waals surface area contributed by atoms with Gasteiger partial charge in [0.05, 0.1) is 7.11 Å². The molecular formula is C49H43N7O7. The molecule has 14 nitrogen and oxygen atoms in total. The number of carbonyl (C=O) groups is 3. The normalized spacial score (nSPS) is 12.3. The Morgan fingerprint density at radius 3 is 1.41 bits per heavy atom. The van der Waals surface area contributed by atoms with Gasteiger partial charge < -0.3 is 40.1 Å². The molecule has 1 saturated heterocycles. The summed E-state index contributed by atoms with van der Waals surface area (Å²) in [6.45, 7) is 4.18. The molecule has 0 bridgehead atoms. The molecule has 0 saturated carbocycles. The number of fused-ring (bicyclic) bond motifs is 3. The van der Waals surface area contributed by atoms with Gasteiger partial charge in [0.25, 0.3) is 0 Å². The number of anilines is 1. The fraction of sp³-hybridized carbons (Fsp3) is 0.143. The molecule has 0 spiro atoms. The van der Waals surface area contributed by atoms with Crippen molar-refractivity contribution >= 4 is 56.7 Å². The van der Waals surface area contributed by atoms with Gasteiger partial charge in [-0.25, -0.2) is 15.0 Å². The molecule has 6 N–H and O–H groups in total. The van der Waals surface area contributed by atoms with E-state index in [2.05, 4.69) is 32.0 Å². The van der Waals surface area contributed by atoms with Crippen molar-refractivity contribution in [3.63, 3.8) is 0 Å². The Morgan fingerprint density at radius 2 is 0.952 bits per heavy atom. The summed E-state index contributed by atoms with van der Waals surface area (Å²) in [5, 5.41) is 0. The Balaban J connectivity index is 0.000000131. The lowest BCUT2D eigenvalue weighted by Crippen LogP contribution is -2.29. The molecule has 0 radical (unpaired) electrons. The van der Waals surface area contributed by atoms with E-state index >= 15 is 0 Å². The first-order valence-electron chi connectivity index (χ1n) is 20.2. The zero-order chi connectivity index (χ0) is 44.0. The first-order valence-corrected chi connectivity index (χ1v) is 20.2. The number of benzene rings is 6. The minimum Gasteiger partial charge on any atom is -0.497 e. The highest BCUT2D eigenvalue weighted by Crippen LogP contribution is 2.31. The number of aryl methyl sites for hydroxylation is 1. The molecule has 14 heteroatoms. The monoisotopic (exact) mass is 841 g/mol. The Morgan fingerprint density at radius 1 is 0.524 bits per heavy atom. The standard InChI is InChI=1S/C19H19N3O2.C15H12N2O3.C15H12N2O2/c20-18(23)13-5-4-6-14(11-13)19-21-16-8-7-15(12-17(16)24-19)22-9-2-1-3-10-22;1-19-11-5-6-12-13(8-11)20-15(17-12)10-4-2-3-9(7-10)14(16)18;1-9-5-6-12-13(7-9)19-15(17-12)11-4-2-3-10(8-11)14(16)18/h4-8,11-12H,1-3,9-10H2,(H2,20,23);2-8H,1H3,(H2,16,18);2-8H,1H3,(H2,16,18). The van der Waals surface area contributed by atoms with Gasteiger partial charge in [-0.2, -0.15) is 0 Å². The van der Waals surface area contributed by atoms with Gasteiger partial charge in [0.1, 0.15) is 22.3 Å². The zero-order valence-corrected chi connectivity index (χ0v) is 34.5. The summed E-state index contributed by atoms with van der Waals surface area (Å²) in [4.78, 5) is 49.4. The van der Waals surface area contributed by atoms with Crippen molar-refractivity contribution in [1.82, 2.24) is 15.0 Å². The molecule has 10 rings (SSSR count). The van der Waals surface area contributed by atoms with E-state index in [9.17, 15) is 14.4 Å². The van der Waals surface area contributed by atoms with E-state index in [1.807, 2.05) is 61.5 Å². The highest BCUT2D eigenvalue weighted by atomic mass is 16.5.